The third-order valence-corrected chi connectivity index (χ3v) is 21.3. The Labute approximate surface area is 456 Å². The smallest absolute Gasteiger partial charge is 0.324 e. The predicted octanol–water partition coefficient (Wildman–Crippen LogP) is 5.79. The molecule has 1 spiro atoms. The van der Waals surface area contributed by atoms with Crippen LogP contribution in [-0.4, -0.2) is 171 Å². The van der Waals surface area contributed by atoms with Crippen molar-refractivity contribution in [2.24, 2.45) is 28.6 Å². The van der Waals surface area contributed by atoms with E-state index in [0.717, 1.165) is 89.4 Å². The average Bonchev–Trinajstić information content (AvgIpc) is 4.43. The van der Waals surface area contributed by atoms with Gasteiger partial charge in [0.1, 0.15) is 17.1 Å². The van der Waals surface area contributed by atoms with Gasteiger partial charge in [0.2, 0.25) is 5.91 Å². The minimum absolute atomic E-state index is 0.0952. The summed E-state index contributed by atoms with van der Waals surface area (Å²) < 4.78 is 52.4. The minimum atomic E-state index is -3.14. The van der Waals surface area contributed by atoms with E-state index in [-0.39, 0.29) is 59.9 Å². The van der Waals surface area contributed by atoms with Crippen molar-refractivity contribution in [3.63, 3.8) is 0 Å². The van der Waals surface area contributed by atoms with Gasteiger partial charge in [-0.2, -0.15) is 0 Å². The third kappa shape index (κ3) is 10.6. The number of nitrogens with one attached hydrogen (secondary N) is 2. The van der Waals surface area contributed by atoms with Gasteiger partial charge in [-0.05, 0) is 87.5 Å². The van der Waals surface area contributed by atoms with Crippen LogP contribution in [-0.2, 0) is 56.1 Å². The van der Waals surface area contributed by atoms with Gasteiger partial charge in [0, 0.05) is 123 Å². The number of amides is 2. The first-order chi connectivity index (χ1) is 37.0. The number of ether oxygens (including phenoxy) is 4. The zero-order chi connectivity index (χ0) is 53.5. The molecular weight excluding hydrogens is 1020 g/mol. The zero-order valence-electron chi connectivity index (χ0n) is 45.6. The van der Waals surface area contributed by atoms with Crippen LogP contribution < -0.4 is 15.6 Å². The number of hydrogen-bond donors (Lipinski definition) is 2. The maximum atomic E-state index is 15.2. The number of fused-ring (bicyclic) bond motifs is 6. The van der Waals surface area contributed by atoms with Gasteiger partial charge in [-0.1, -0.05) is 33.8 Å². The fourth-order valence-corrected chi connectivity index (χ4v) is 16.6. The molecule has 2 saturated carbocycles. The second-order valence-corrected chi connectivity index (χ2v) is 27.6. The number of esters is 1. The van der Waals surface area contributed by atoms with E-state index in [2.05, 4.69) is 88.9 Å². The molecule has 0 radical (unpaired) electrons. The predicted molar refractivity (Wildman–Crippen MR) is 294 cm³/mol. The van der Waals surface area contributed by atoms with E-state index >= 15 is 4.79 Å². The maximum absolute atomic E-state index is 15.2. The number of hydrogen-bond acceptors (Lipinski definition) is 16. The first-order valence-electron chi connectivity index (χ1n) is 28.3. The highest BCUT2D eigenvalue weighted by molar-refractivity contribution is 7.92. The van der Waals surface area contributed by atoms with Crippen LogP contribution in [0.25, 0.3) is 33.4 Å². The number of cyclic esters (lactones) is 1. The van der Waals surface area contributed by atoms with Gasteiger partial charge in [0.05, 0.1) is 71.9 Å². The number of thiazole rings is 1. The van der Waals surface area contributed by atoms with Crippen LogP contribution >= 0.6 is 11.3 Å². The summed E-state index contributed by atoms with van der Waals surface area (Å²) in [5.74, 6) is -0.740. The number of pyridine rings is 1. The maximum Gasteiger partial charge on any atom is 0.324 e. The largest absolute Gasteiger partial charge is 0.464 e. The van der Waals surface area contributed by atoms with Crippen LogP contribution in [0, 0.1) is 28.6 Å². The molecule has 7 fully saturated rings. The Morgan fingerprint density at radius 2 is 1.74 bits per heavy atom. The van der Waals surface area contributed by atoms with Crippen molar-refractivity contribution >= 4 is 55.5 Å². The first kappa shape index (κ1) is 53.1. The number of benzene rings is 1. The van der Waals surface area contributed by atoms with Crippen LogP contribution in [0.5, 0.6) is 0 Å². The quantitative estimate of drug-likeness (QED) is 0.162. The summed E-state index contributed by atoms with van der Waals surface area (Å²) in [6.07, 6.45) is 7.60. The van der Waals surface area contributed by atoms with Crippen molar-refractivity contribution < 1.29 is 41.7 Å². The zero-order valence-corrected chi connectivity index (χ0v) is 47.3. The number of methoxy groups -OCH3 is 1. The molecule has 1 unspecified atom stereocenters. The number of likely N-dealkylation sites (tertiary alicyclic amines) is 1. The fourth-order valence-electron chi connectivity index (χ4n) is 13.5. The lowest BCUT2D eigenvalue weighted by Crippen LogP contribution is -2.71. The molecule has 2 aliphatic carbocycles. The summed E-state index contributed by atoms with van der Waals surface area (Å²) in [5, 5.41) is 8.43. The Hall–Kier alpha value is -4.54. The van der Waals surface area contributed by atoms with Crippen LogP contribution in [0.2, 0.25) is 0 Å². The molecule has 77 heavy (non-hydrogen) atoms. The Balaban J connectivity index is 1.00. The van der Waals surface area contributed by atoms with E-state index < -0.39 is 44.8 Å². The molecule has 1 aromatic carbocycles. The number of carbonyl (C=O) groups is 3. The third-order valence-electron chi connectivity index (χ3n) is 18.2. The topological polar surface area (TPSA) is 190 Å². The monoisotopic (exact) mass is 1100 g/mol. The van der Waals surface area contributed by atoms with Gasteiger partial charge in [0.25, 0.3) is 5.91 Å². The van der Waals surface area contributed by atoms with Gasteiger partial charge in [-0.25, -0.2) is 18.8 Å². The van der Waals surface area contributed by atoms with Gasteiger partial charge < -0.3 is 33.7 Å². The van der Waals surface area contributed by atoms with Crippen molar-refractivity contribution in [2.75, 3.05) is 95.8 Å². The van der Waals surface area contributed by atoms with E-state index in [1.807, 2.05) is 11.6 Å². The minimum Gasteiger partial charge on any atom is -0.464 e. The summed E-state index contributed by atoms with van der Waals surface area (Å²) in [4.78, 5) is 61.7. The van der Waals surface area contributed by atoms with Crippen molar-refractivity contribution in [2.45, 2.75) is 122 Å². The van der Waals surface area contributed by atoms with Crippen molar-refractivity contribution in [3.05, 3.63) is 52.1 Å². The number of aromatic nitrogens is 3. The van der Waals surface area contributed by atoms with E-state index in [4.69, 9.17) is 28.9 Å². The number of hydrazine groups is 1. The van der Waals surface area contributed by atoms with Crippen LogP contribution in [0.4, 0.5) is 5.69 Å². The summed E-state index contributed by atoms with van der Waals surface area (Å²) in [7, 11) is -1.41. The molecular formula is C57H77N9O9S2. The van der Waals surface area contributed by atoms with Gasteiger partial charge in [-0.15, -0.1) is 11.3 Å². The lowest BCUT2D eigenvalue weighted by atomic mass is 9.80. The molecule has 20 heteroatoms. The van der Waals surface area contributed by atoms with Crippen molar-refractivity contribution in [3.8, 4) is 22.5 Å². The Bertz CT molecular complexity index is 2990. The molecule has 7 atom stereocenters. The van der Waals surface area contributed by atoms with Crippen molar-refractivity contribution in [1.82, 2.24) is 40.1 Å². The Morgan fingerprint density at radius 3 is 2.44 bits per heavy atom. The second-order valence-electron chi connectivity index (χ2n) is 24.6. The number of anilines is 1. The highest BCUT2D eigenvalue weighted by atomic mass is 32.2. The molecule has 18 nitrogen and oxygen atoms in total. The fraction of sp³-hybridized carbons (Fsp3) is 0.667. The molecule has 416 valence electrons. The molecule has 2 N–H and O–H groups in total. The summed E-state index contributed by atoms with van der Waals surface area (Å²) in [6, 6.07) is 6.97. The Kier molecular flexibility index (Phi) is 14.4. The van der Waals surface area contributed by atoms with E-state index in [1.54, 1.807) is 7.11 Å². The normalized spacial score (nSPS) is 29.1. The molecule has 5 saturated heterocycles. The second kappa shape index (κ2) is 20.8. The highest BCUT2D eigenvalue weighted by Crippen LogP contribution is 2.49. The summed E-state index contributed by atoms with van der Waals surface area (Å²) in [5.41, 5.74) is 9.91. The molecule has 9 heterocycles. The van der Waals surface area contributed by atoms with Crippen LogP contribution in [0.15, 0.2) is 35.8 Å². The number of piperazine rings is 1. The van der Waals surface area contributed by atoms with Gasteiger partial charge >= 0.3 is 5.97 Å². The Morgan fingerprint density at radius 1 is 0.987 bits per heavy atom. The van der Waals surface area contributed by atoms with E-state index in [1.165, 1.54) is 29.2 Å². The standard InChI is InChI=1S/C57H77N9O9S2/c1-34-35(2)47(34)52(67)60-49-51(64-29-57(30-64)32-77(70,71)33-57)53-59-45(28-76-53)37-9-12-46-41(24-37)43(26-56(4,5)31-75-55(69)44-8-7-15-66(61-44)54(49)68)50(65(46)20-23-74-40-13-21-73-22-14-40)42-25-39(27-58-48(42)36(3)72-6)63-18-16-62(17-19-63)38-10-11-38/h9,12,24-25,27-28,34-36,38,40,44,47,49,51,61H,7-8,10-11,13-23,26,29-33H2,1-6H3,(H,60,67)/t34-,35+,36-,44-,47?,49-,51-/m0/s1. The number of nitrogens with zero attached hydrogens (tertiary/aromatic N) is 7. The molecule has 12 rings (SSSR count). The van der Waals surface area contributed by atoms with E-state index in [0.29, 0.717) is 76.3 Å². The number of rotatable bonds is 12. The van der Waals surface area contributed by atoms with Gasteiger partial charge in [-0.3, -0.25) is 34.2 Å². The van der Waals surface area contributed by atoms with Crippen LogP contribution in [0.3, 0.4) is 0 Å². The molecule has 4 aromatic rings. The van der Waals surface area contributed by atoms with Crippen molar-refractivity contribution in [1.29, 1.82) is 0 Å². The lowest BCUT2D eigenvalue weighted by Gasteiger charge is -2.57. The van der Waals surface area contributed by atoms with Crippen LogP contribution in [0.1, 0.15) is 102 Å². The molecule has 6 aliphatic heterocycles. The lowest BCUT2D eigenvalue weighted by molar-refractivity contribution is -0.156. The van der Waals surface area contributed by atoms with E-state index in [9.17, 15) is 18.0 Å². The first-order valence-corrected chi connectivity index (χ1v) is 31.0. The molecule has 6 bridgehead atoms. The summed E-state index contributed by atoms with van der Waals surface area (Å²) in [6.45, 7) is 18.0. The molecule has 8 aliphatic rings. The number of carbonyl (C=O) groups excluding carboxylic acids is 3. The summed E-state index contributed by atoms with van der Waals surface area (Å²) >= 11 is 1.44. The molecule has 3 aromatic heterocycles. The SMILES string of the molecule is CO[C@@H](C)c1ncc(N2CCN(C3CC3)CC2)cc1-c1c2c3cc(ccc3n1CCOC1CCOCC1)-c1csc(n1)[C@@H](N1CC3(C1)CS(=O)(=O)C3)[C@H](NC(=O)C1[C@@H](C)[C@H]1C)C(=O)N1CCC[C@H](N1)C(=O)OCC(C)(C)C2. The highest BCUT2D eigenvalue weighted by Gasteiger charge is 2.59. The average molecular weight is 1100 g/mol. The molecule has 2 amide bonds. The number of sulfone groups is 1. The van der Waals surface area contributed by atoms with Gasteiger partial charge in [0.15, 0.2) is 9.84 Å².